The summed E-state index contributed by atoms with van der Waals surface area (Å²) < 4.78 is 11.0. The first-order valence-corrected chi connectivity index (χ1v) is 20.1. The van der Waals surface area contributed by atoms with E-state index >= 15 is 0 Å². The van der Waals surface area contributed by atoms with Gasteiger partial charge in [0.15, 0.2) is 11.6 Å². The van der Waals surface area contributed by atoms with Gasteiger partial charge in [-0.25, -0.2) is 0 Å². The summed E-state index contributed by atoms with van der Waals surface area (Å²) in [5, 5.41) is 12.4. The molecule has 0 saturated heterocycles. The van der Waals surface area contributed by atoms with Crippen molar-refractivity contribution in [2.75, 3.05) is 20.3 Å². The van der Waals surface area contributed by atoms with Gasteiger partial charge in [-0.2, -0.15) is 10.2 Å². The summed E-state index contributed by atoms with van der Waals surface area (Å²) in [7, 11) is 1.34. The van der Waals surface area contributed by atoms with Gasteiger partial charge in [0.1, 0.15) is 11.8 Å². The number of methoxy groups -OCH3 is 1. The lowest BCUT2D eigenvalue weighted by molar-refractivity contribution is -0.140. The monoisotopic (exact) mass is 790 g/mol. The molecule has 0 spiro atoms. The zero-order valence-electron chi connectivity index (χ0n) is 33.6. The predicted molar refractivity (Wildman–Crippen MR) is 224 cm³/mol. The molecule has 0 saturated carbocycles. The van der Waals surface area contributed by atoms with Crippen LogP contribution in [0.2, 0.25) is 5.02 Å². The van der Waals surface area contributed by atoms with E-state index in [1.165, 1.54) is 25.4 Å². The molecule has 2 atom stereocenters. The summed E-state index contributed by atoms with van der Waals surface area (Å²) in [6, 6.07) is 11.8. The van der Waals surface area contributed by atoms with Crippen LogP contribution in [0.1, 0.15) is 138 Å². The maximum Gasteiger partial charge on any atom is 0.308 e. The standard InChI is InChI=1S/C43H55ClN4O6S/c1-10-16-27(4)47-48-29(6)35(25-37(50)53-9)46-40(32-19-21-33(44)22-20-32)38-28(5)42(55-31(38)8)43(52)45-23-13-12-14-24-54-36-18-15-17-34(39(36)30(7)49)41(51)26(3)11-2/h15,17-22,26,35H,10-14,16,23-25H2,1-9H3,(H,45,52)/b46-40-,47-27-,48-29+/t26-,35?/m1/s1. The van der Waals surface area contributed by atoms with Crippen molar-refractivity contribution < 1.29 is 28.7 Å². The highest BCUT2D eigenvalue weighted by molar-refractivity contribution is 7.14. The van der Waals surface area contributed by atoms with Gasteiger partial charge in [0, 0.05) is 44.8 Å². The first-order chi connectivity index (χ1) is 26.2. The molecule has 3 rings (SSSR count). The summed E-state index contributed by atoms with van der Waals surface area (Å²) in [6.45, 7) is 15.8. The summed E-state index contributed by atoms with van der Waals surface area (Å²) in [5.41, 5.74) is 5.16. The third-order valence-electron chi connectivity index (χ3n) is 9.30. The zero-order valence-corrected chi connectivity index (χ0v) is 35.2. The second kappa shape index (κ2) is 22.2. The Hall–Kier alpha value is -4.48. The second-order valence-corrected chi connectivity index (χ2v) is 15.3. The number of ether oxygens (including phenoxy) is 2. The molecule has 12 heteroatoms. The minimum Gasteiger partial charge on any atom is -0.493 e. The Labute approximate surface area is 334 Å². The molecule has 1 aromatic heterocycles. The van der Waals surface area contributed by atoms with E-state index in [0.29, 0.717) is 64.2 Å². The summed E-state index contributed by atoms with van der Waals surface area (Å²) in [6.07, 6.45) is 4.62. The van der Waals surface area contributed by atoms with Crippen molar-refractivity contribution in [2.24, 2.45) is 21.1 Å². The zero-order chi connectivity index (χ0) is 40.7. The number of amides is 1. The average molecular weight is 791 g/mol. The minimum atomic E-state index is -0.665. The number of esters is 1. The molecule has 55 heavy (non-hydrogen) atoms. The van der Waals surface area contributed by atoms with E-state index in [2.05, 4.69) is 22.4 Å². The number of nitrogens with zero attached hydrogens (tertiary/aromatic N) is 3. The van der Waals surface area contributed by atoms with Gasteiger partial charge >= 0.3 is 5.97 Å². The van der Waals surface area contributed by atoms with Crippen molar-refractivity contribution in [2.45, 2.75) is 106 Å². The number of hydrogen-bond donors (Lipinski definition) is 1. The van der Waals surface area contributed by atoms with E-state index in [1.54, 1.807) is 37.3 Å². The van der Waals surface area contributed by atoms with E-state index in [1.807, 2.05) is 46.8 Å². The lowest BCUT2D eigenvalue weighted by Crippen LogP contribution is -2.25. The highest BCUT2D eigenvalue weighted by Crippen LogP contribution is 2.31. The van der Waals surface area contributed by atoms with Gasteiger partial charge < -0.3 is 14.8 Å². The van der Waals surface area contributed by atoms with Crippen molar-refractivity contribution >= 4 is 63.5 Å². The van der Waals surface area contributed by atoms with Gasteiger partial charge in [-0.15, -0.1) is 11.3 Å². The lowest BCUT2D eigenvalue weighted by atomic mass is 9.92. The molecule has 1 N–H and O–H groups in total. The smallest absolute Gasteiger partial charge is 0.308 e. The van der Waals surface area contributed by atoms with Crippen LogP contribution in [0.3, 0.4) is 0 Å². The van der Waals surface area contributed by atoms with Crippen molar-refractivity contribution in [3.8, 4) is 5.75 Å². The van der Waals surface area contributed by atoms with Crippen LogP contribution in [0.15, 0.2) is 57.7 Å². The van der Waals surface area contributed by atoms with Crippen LogP contribution in [-0.4, -0.2) is 66.9 Å². The molecule has 1 unspecified atom stereocenters. The number of hydrogen-bond acceptors (Lipinski definition) is 10. The summed E-state index contributed by atoms with van der Waals surface area (Å²) in [5.74, 6) is -0.632. The number of aryl methyl sites for hydroxylation is 1. The van der Waals surface area contributed by atoms with Crippen molar-refractivity contribution in [1.82, 2.24) is 5.32 Å². The van der Waals surface area contributed by atoms with Crippen LogP contribution in [0.4, 0.5) is 0 Å². The van der Waals surface area contributed by atoms with Crippen LogP contribution in [0.5, 0.6) is 5.75 Å². The van der Waals surface area contributed by atoms with Crippen LogP contribution >= 0.6 is 22.9 Å². The van der Waals surface area contributed by atoms with E-state index in [0.717, 1.165) is 53.0 Å². The number of rotatable bonds is 21. The minimum absolute atomic E-state index is 0.0337. The quantitative estimate of drug-likeness (QED) is 0.0375. The van der Waals surface area contributed by atoms with E-state index in [9.17, 15) is 19.2 Å². The largest absolute Gasteiger partial charge is 0.493 e. The molecule has 2 aromatic carbocycles. The Morgan fingerprint density at radius 3 is 2.27 bits per heavy atom. The normalized spacial score (nSPS) is 13.3. The number of ketones is 2. The molecule has 3 aromatic rings. The summed E-state index contributed by atoms with van der Waals surface area (Å²) in [4.78, 5) is 58.1. The number of nitrogens with one attached hydrogen (secondary N) is 1. The molecule has 1 amide bonds. The maximum atomic E-state index is 13.5. The third kappa shape index (κ3) is 12.8. The maximum absolute atomic E-state index is 13.5. The Kier molecular flexibility index (Phi) is 18.1. The number of carbonyl (C=O) groups excluding carboxylic acids is 4. The molecule has 0 aliphatic rings. The lowest BCUT2D eigenvalue weighted by Gasteiger charge is -2.16. The molecular formula is C43H55ClN4O6S. The molecule has 1 heterocycles. The molecule has 0 fully saturated rings. The highest BCUT2D eigenvalue weighted by atomic mass is 35.5. The van der Waals surface area contributed by atoms with Crippen LogP contribution in [-0.2, 0) is 9.53 Å². The highest BCUT2D eigenvalue weighted by Gasteiger charge is 2.26. The van der Waals surface area contributed by atoms with Crippen LogP contribution in [0.25, 0.3) is 0 Å². The summed E-state index contributed by atoms with van der Waals surface area (Å²) >= 11 is 7.65. The van der Waals surface area contributed by atoms with Gasteiger partial charge in [0.2, 0.25) is 0 Å². The molecule has 296 valence electrons. The van der Waals surface area contributed by atoms with Gasteiger partial charge in [-0.05, 0) is 90.5 Å². The Morgan fingerprint density at radius 1 is 0.927 bits per heavy atom. The number of unbranched alkanes of at least 4 members (excludes halogenated alkanes) is 2. The van der Waals surface area contributed by atoms with E-state index in [-0.39, 0.29) is 29.8 Å². The van der Waals surface area contributed by atoms with Gasteiger partial charge in [-0.1, -0.05) is 63.1 Å². The molecule has 10 nitrogen and oxygen atoms in total. The number of carbonyl (C=O) groups is 4. The van der Waals surface area contributed by atoms with Crippen molar-refractivity contribution in [3.05, 3.63) is 85.1 Å². The SMILES string of the molecule is CCC/C(C)=N\N=C(/C)C(CC(=O)OC)/N=C(/c1ccc(Cl)cc1)c1c(C)sc(C(=O)NCCCCCOc2cccc(C(=O)[C@H](C)CC)c2C(C)=O)c1C. The molecular weight excluding hydrogens is 736 g/mol. The van der Waals surface area contributed by atoms with Crippen LogP contribution < -0.4 is 10.1 Å². The van der Waals surface area contributed by atoms with E-state index < -0.39 is 12.0 Å². The first-order valence-electron chi connectivity index (χ1n) is 18.9. The fourth-order valence-corrected chi connectivity index (χ4v) is 7.18. The number of halogens is 1. The number of benzene rings is 2. The topological polar surface area (TPSA) is 136 Å². The number of aliphatic imine (C=N–C) groups is 1. The second-order valence-electron chi connectivity index (χ2n) is 13.7. The Balaban J connectivity index is 1.77. The Morgan fingerprint density at radius 2 is 1.64 bits per heavy atom. The predicted octanol–water partition coefficient (Wildman–Crippen LogP) is 9.83. The third-order valence-corrected chi connectivity index (χ3v) is 10.8. The van der Waals surface area contributed by atoms with Gasteiger partial charge in [0.05, 0.1) is 42.0 Å². The van der Waals surface area contributed by atoms with Crippen molar-refractivity contribution in [3.63, 3.8) is 0 Å². The van der Waals surface area contributed by atoms with Crippen molar-refractivity contribution in [1.29, 1.82) is 0 Å². The number of Topliss-reactive ketones (excluding diaryl/α,β-unsaturated/α-hetero) is 2. The van der Waals surface area contributed by atoms with Gasteiger partial charge in [0.25, 0.3) is 5.91 Å². The fourth-order valence-electron chi connectivity index (χ4n) is 5.98. The molecule has 0 radical (unpaired) electrons. The van der Waals surface area contributed by atoms with Crippen LogP contribution in [0, 0.1) is 19.8 Å². The fraction of sp³-hybridized carbons (Fsp3) is 0.465. The average Bonchev–Trinajstić information content (AvgIpc) is 3.47. The van der Waals surface area contributed by atoms with E-state index in [4.69, 9.17) is 26.1 Å². The first kappa shape index (κ1) is 44.9. The molecule has 0 bridgehead atoms. The number of thiophene rings is 1. The Bertz CT molecular complexity index is 1910. The van der Waals surface area contributed by atoms with Gasteiger partial charge in [-0.3, -0.25) is 24.2 Å². The molecule has 0 aliphatic carbocycles. The molecule has 0 aliphatic heterocycles.